The van der Waals surface area contributed by atoms with Crippen LogP contribution < -0.4 is 4.74 Å². The van der Waals surface area contributed by atoms with Crippen molar-refractivity contribution < 1.29 is 19.7 Å². The first-order chi connectivity index (χ1) is 11.0. The number of aromatic hydroxyl groups is 1. The van der Waals surface area contributed by atoms with Gasteiger partial charge in [0.2, 0.25) is 0 Å². The number of hydrogen-bond acceptors (Lipinski definition) is 5. The number of carbonyl (C=O) groups is 1. The van der Waals surface area contributed by atoms with Crippen LogP contribution in [-0.2, 0) is 16.6 Å². The number of nitrogens with zero attached hydrogens (tertiary/aromatic N) is 1. The van der Waals surface area contributed by atoms with Gasteiger partial charge >= 0.3 is 0 Å². The van der Waals surface area contributed by atoms with Gasteiger partial charge in [-0.05, 0) is 50.4 Å². The van der Waals surface area contributed by atoms with E-state index in [0.29, 0.717) is 24.6 Å². The van der Waals surface area contributed by atoms with Crippen LogP contribution in [0.4, 0.5) is 0 Å². The number of carbonyl (C=O) groups excluding carboxylic acids is 1. The lowest BCUT2D eigenvalue weighted by Crippen LogP contribution is -2.62. The fourth-order valence-corrected chi connectivity index (χ4v) is 5.23. The topological polar surface area (TPSA) is 70.0 Å². The van der Waals surface area contributed by atoms with E-state index < -0.39 is 6.10 Å². The molecule has 0 radical (unpaired) electrons. The molecule has 2 N–H and O–H groups in total. The van der Waals surface area contributed by atoms with Gasteiger partial charge in [-0.3, -0.25) is 4.79 Å². The molecular weight excluding hydrogens is 294 g/mol. The molecule has 1 heterocycles. The number of likely N-dealkylation sites (N-methyl/N-ethyl adjacent to an activating group) is 1. The van der Waals surface area contributed by atoms with E-state index in [1.165, 1.54) is 0 Å². The van der Waals surface area contributed by atoms with E-state index >= 15 is 0 Å². The summed E-state index contributed by atoms with van der Waals surface area (Å²) in [5, 5.41) is 20.9. The minimum absolute atomic E-state index is 0.0976. The maximum Gasteiger partial charge on any atom is 0.162 e. The van der Waals surface area contributed by atoms with Gasteiger partial charge in [0.05, 0.1) is 7.11 Å². The molecule has 1 saturated carbocycles. The molecule has 2 aliphatic carbocycles. The van der Waals surface area contributed by atoms with Crippen molar-refractivity contribution in [1.29, 1.82) is 0 Å². The van der Waals surface area contributed by atoms with E-state index in [0.717, 1.165) is 30.5 Å². The zero-order valence-electron chi connectivity index (χ0n) is 13.6. The van der Waals surface area contributed by atoms with Crippen LogP contribution in [0, 0.1) is 5.92 Å². The van der Waals surface area contributed by atoms with E-state index in [1.807, 2.05) is 6.07 Å². The van der Waals surface area contributed by atoms with Gasteiger partial charge in [0, 0.05) is 23.4 Å². The number of methoxy groups -OCH3 is 1. The number of hydrogen-bond donors (Lipinski definition) is 2. The molecule has 3 aliphatic rings. The highest BCUT2D eigenvalue weighted by Gasteiger charge is 2.58. The number of aliphatic hydroxyl groups is 1. The normalized spacial score (nSPS) is 36.3. The Morgan fingerprint density at radius 1 is 1.39 bits per heavy atom. The molecule has 2 fully saturated rings. The second kappa shape index (κ2) is 4.95. The van der Waals surface area contributed by atoms with Crippen molar-refractivity contribution in [3.05, 3.63) is 23.3 Å². The first-order valence-electron chi connectivity index (χ1n) is 8.28. The van der Waals surface area contributed by atoms with E-state index in [4.69, 9.17) is 4.74 Å². The summed E-state index contributed by atoms with van der Waals surface area (Å²) in [6.07, 6.45) is 1.62. The minimum Gasteiger partial charge on any atom is -0.504 e. The number of piperidine rings is 1. The van der Waals surface area contributed by atoms with Gasteiger partial charge in [-0.25, -0.2) is 0 Å². The number of fused-ring (bicyclic) bond motifs is 1. The van der Waals surface area contributed by atoms with Gasteiger partial charge in [0.25, 0.3) is 0 Å². The van der Waals surface area contributed by atoms with Crippen LogP contribution in [0.5, 0.6) is 11.5 Å². The van der Waals surface area contributed by atoms with E-state index in [2.05, 4.69) is 11.9 Å². The monoisotopic (exact) mass is 317 g/mol. The zero-order valence-corrected chi connectivity index (χ0v) is 13.6. The molecule has 1 aromatic rings. The summed E-state index contributed by atoms with van der Waals surface area (Å²) >= 11 is 0. The Labute approximate surface area is 135 Å². The maximum atomic E-state index is 12.3. The number of benzene rings is 1. The summed E-state index contributed by atoms with van der Waals surface area (Å²) in [4.78, 5) is 14.7. The standard InChI is InChI=1S/C18H23NO4/c1-19-6-5-18-9-14(21)13(20)8-11(18)12(19)7-10-3-4-15(23-2)17(22)16(10)18/h3-4,11-13,20,22H,5-9H2,1-2H3/t11-,12?,13?,18-/m1/s1. The molecular formula is C18H23NO4. The van der Waals surface area contributed by atoms with Crippen molar-refractivity contribution >= 4 is 5.78 Å². The Morgan fingerprint density at radius 2 is 2.17 bits per heavy atom. The van der Waals surface area contributed by atoms with Crippen LogP contribution in [0.3, 0.4) is 0 Å². The van der Waals surface area contributed by atoms with Gasteiger partial charge in [0.1, 0.15) is 6.10 Å². The maximum absolute atomic E-state index is 12.3. The number of phenols is 1. The van der Waals surface area contributed by atoms with E-state index in [1.54, 1.807) is 13.2 Å². The highest BCUT2D eigenvalue weighted by atomic mass is 16.5. The molecule has 124 valence electrons. The number of ether oxygens (including phenoxy) is 1. The first kappa shape index (κ1) is 15.0. The summed E-state index contributed by atoms with van der Waals surface area (Å²) in [6, 6.07) is 4.14. The second-order valence-corrected chi connectivity index (χ2v) is 7.31. The molecule has 4 rings (SSSR count). The molecule has 0 amide bonds. The smallest absolute Gasteiger partial charge is 0.162 e. The van der Waals surface area contributed by atoms with Crippen LogP contribution in [-0.4, -0.2) is 53.7 Å². The predicted octanol–water partition coefficient (Wildman–Crippen LogP) is 1.24. The van der Waals surface area contributed by atoms with Crippen molar-refractivity contribution in [3.63, 3.8) is 0 Å². The fourth-order valence-electron chi connectivity index (χ4n) is 5.23. The number of aliphatic hydroxyl groups excluding tert-OH is 1. The third kappa shape index (κ3) is 1.90. The van der Waals surface area contributed by atoms with Crippen molar-refractivity contribution in [1.82, 2.24) is 4.90 Å². The molecule has 0 spiro atoms. The van der Waals surface area contributed by atoms with Crippen molar-refractivity contribution in [2.45, 2.75) is 43.2 Å². The predicted molar refractivity (Wildman–Crippen MR) is 84.8 cm³/mol. The number of likely N-dealkylation sites (tertiary alicyclic amines) is 1. The highest BCUT2D eigenvalue weighted by Crippen LogP contribution is 2.58. The van der Waals surface area contributed by atoms with E-state index in [9.17, 15) is 15.0 Å². The summed E-state index contributed by atoms with van der Waals surface area (Å²) in [7, 11) is 3.67. The average molecular weight is 317 g/mol. The number of phenolic OH excluding ortho intramolecular Hbond substituents is 1. The second-order valence-electron chi connectivity index (χ2n) is 7.31. The Hall–Kier alpha value is -1.59. The molecule has 5 nitrogen and oxygen atoms in total. The molecule has 1 aliphatic heterocycles. The van der Waals surface area contributed by atoms with Crippen LogP contribution in [0.1, 0.15) is 30.4 Å². The minimum atomic E-state index is -0.864. The molecule has 1 saturated heterocycles. The molecule has 0 aromatic heterocycles. The summed E-state index contributed by atoms with van der Waals surface area (Å²) in [5.74, 6) is 0.745. The Balaban J connectivity index is 1.94. The van der Waals surface area contributed by atoms with E-state index in [-0.39, 0.29) is 22.9 Å². The Morgan fingerprint density at radius 3 is 2.91 bits per heavy atom. The summed E-state index contributed by atoms with van der Waals surface area (Å²) in [6.45, 7) is 0.903. The Bertz CT molecular complexity index is 673. The number of Topliss-reactive ketones (excluding diaryl/α,β-unsaturated/α-hetero) is 1. The molecule has 23 heavy (non-hydrogen) atoms. The van der Waals surface area contributed by atoms with Crippen molar-refractivity contribution in [2.24, 2.45) is 5.92 Å². The lowest BCUT2D eigenvalue weighted by molar-refractivity contribution is -0.139. The van der Waals surface area contributed by atoms with Gasteiger partial charge in [-0.15, -0.1) is 0 Å². The number of ketones is 1. The third-order valence-electron chi connectivity index (χ3n) is 6.36. The molecule has 4 atom stereocenters. The third-order valence-corrected chi connectivity index (χ3v) is 6.36. The van der Waals surface area contributed by atoms with Crippen LogP contribution in [0.2, 0.25) is 0 Å². The van der Waals surface area contributed by atoms with Crippen LogP contribution in [0.25, 0.3) is 0 Å². The van der Waals surface area contributed by atoms with Gasteiger partial charge in [-0.1, -0.05) is 6.07 Å². The highest BCUT2D eigenvalue weighted by molar-refractivity contribution is 5.86. The first-order valence-corrected chi connectivity index (χ1v) is 8.28. The quantitative estimate of drug-likeness (QED) is 0.815. The summed E-state index contributed by atoms with van der Waals surface area (Å²) in [5.41, 5.74) is 1.64. The molecule has 5 heteroatoms. The largest absolute Gasteiger partial charge is 0.504 e. The van der Waals surface area contributed by atoms with Crippen molar-refractivity contribution in [2.75, 3.05) is 20.7 Å². The van der Waals surface area contributed by atoms with Gasteiger partial charge < -0.3 is 19.8 Å². The molecule has 1 aromatic carbocycles. The van der Waals surface area contributed by atoms with Crippen molar-refractivity contribution in [3.8, 4) is 11.5 Å². The van der Waals surface area contributed by atoms with Crippen LogP contribution in [0.15, 0.2) is 12.1 Å². The Kier molecular flexibility index (Phi) is 3.22. The zero-order chi connectivity index (χ0) is 16.4. The molecule has 2 unspecified atom stereocenters. The van der Waals surface area contributed by atoms with Gasteiger partial charge in [0.15, 0.2) is 17.3 Å². The van der Waals surface area contributed by atoms with Crippen LogP contribution >= 0.6 is 0 Å². The molecule has 2 bridgehead atoms. The SMILES string of the molecule is COc1ccc2c(c1O)[C@@]13CCN(C)C(C2)[C@H]1CC(O)C(=O)C3. The lowest BCUT2D eigenvalue weighted by Gasteiger charge is -2.58. The summed E-state index contributed by atoms with van der Waals surface area (Å²) < 4.78 is 5.30. The number of rotatable bonds is 1. The van der Waals surface area contributed by atoms with Gasteiger partial charge in [-0.2, -0.15) is 0 Å². The fraction of sp³-hybridized carbons (Fsp3) is 0.611. The average Bonchev–Trinajstić information content (AvgIpc) is 2.52. The lowest BCUT2D eigenvalue weighted by atomic mass is 9.51.